The van der Waals surface area contributed by atoms with Gasteiger partial charge in [-0.15, -0.1) is 0 Å². The van der Waals surface area contributed by atoms with Crippen LogP contribution in [0.1, 0.15) is 38.3 Å². The largest absolute Gasteiger partial charge is 0.354 e. The molecule has 0 aliphatic carbocycles. The van der Waals surface area contributed by atoms with Crippen LogP contribution in [0.15, 0.2) is 88.2 Å². The highest BCUT2D eigenvalue weighted by Gasteiger charge is 2.33. The highest BCUT2D eigenvalue weighted by atomic mass is 79.9. The summed E-state index contributed by atoms with van der Waals surface area (Å²) in [6.45, 7) is 7.91. The van der Waals surface area contributed by atoms with E-state index in [0.717, 1.165) is 15.4 Å². The van der Waals surface area contributed by atoms with Crippen molar-refractivity contribution in [1.82, 2.24) is 10.2 Å². The van der Waals surface area contributed by atoms with Gasteiger partial charge in [-0.1, -0.05) is 90.8 Å². The third kappa shape index (κ3) is 8.16. The van der Waals surface area contributed by atoms with E-state index in [1.807, 2.05) is 58.0 Å². The normalized spacial score (nSPS) is 12.2. The van der Waals surface area contributed by atoms with Crippen LogP contribution in [-0.2, 0) is 26.2 Å². The Hall–Kier alpha value is -3.17. The molecule has 0 bridgehead atoms. The fourth-order valence-corrected chi connectivity index (χ4v) is 5.91. The first-order valence-electron chi connectivity index (χ1n) is 13.0. The number of nitrogens with one attached hydrogen (secondary N) is 1. The second-order valence-corrected chi connectivity index (χ2v) is 12.7. The zero-order chi connectivity index (χ0) is 28.6. The van der Waals surface area contributed by atoms with E-state index in [9.17, 15) is 18.0 Å². The van der Waals surface area contributed by atoms with E-state index in [4.69, 9.17) is 0 Å². The van der Waals surface area contributed by atoms with Crippen molar-refractivity contribution in [2.75, 3.05) is 17.4 Å². The fraction of sp³-hybridized carbons (Fsp3) is 0.333. The van der Waals surface area contributed by atoms with Gasteiger partial charge in [-0.05, 0) is 55.2 Å². The van der Waals surface area contributed by atoms with Crippen LogP contribution in [0.5, 0.6) is 0 Å². The number of anilines is 1. The third-order valence-electron chi connectivity index (χ3n) is 6.25. The summed E-state index contributed by atoms with van der Waals surface area (Å²) in [6.07, 6.45) is 0.379. The number of aryl methyl sites for hydroxylation is 1. The molecule has 0 aromatic heterocycles. The topological polar surface area (TPSA) is 86.8 Å². The molecule has 7 nitrogen and oxygen atoms in total. The van der Waals surface area contributed by atoms with Crippen LogP contribution in [0.3, 0.4) is 0 Å². The van der Waals surface area contributed by atoms with E-state index in [2.05, 4.69) is 21.2 Å². The summed E-state index contributed by atoms with van der Waals surface area (Å²) in [4.78, 5) is 28.8. The molecule has 0 saturated carbocycles. The first-order chi connectivity index (χ1) is 18.5. The summed E-state index contributed by atoms with van der Waals surface area (Å²) in [7, 11) is -4.10. The maximum atomic E-state index is 14.0. The lowest BCUT2D eigenvalue weighted by atomic mass is 10.1. The molecule has 0 spiro atoms. The van der Waals surface area contributed by atoms with Crippen molar-refractivity contribution in [3.8, 4) is 0 Å². The molecule has 2 amide bonds. The fourth-order valence-electron chi connectivity index (χ4n) is 4.12. The van der Waals surface area contributed by atoms with Crippen molar-refractivity contribution in [3.63, 3.8) is 0 Å². The summed E-state index contributed by atoms with van der Waals surface area (Å²) in [5.41, 5.74) is 2.11. The Bertz CT molecular complexity index is 1360. The summed E-state index contributed by atoms with van der Waals surface area (Å²) in [5.74, 6) is -0.483. The average molecular weight is 615 g/mol. The van der Waals surface area contributed by atoms with Gasteiger partial charge in [0.25, 0.3) is 10.0 Å². The molecule has 1 unspecified atom stereocenters. The molecule has 0 fully saturated rings. The zero-order valence-electron chi connectivity index (χ0n) is 22.8. The molecule has 0 saturated heterocycles. The molecule has 0 radical (unpaired) electrons. The molecule has 1 N–H and O–H groups in total. The lowest BCUT2D eigenvalue weighted by molar-refractivity contribution is -0.140. The Balaban J connectivity index is 2.03. The minimum atomic E-state index is -4.10. The highest BCUT2D eigenvalue weighted by molar-refractivity contribution is 9.10. The predicted octanol–water partition coefficient (Wildman–Crippen LogP) is 5.53. The number of hydrogen-bond acceptors (Lipinski definition) is 4. The monoisotopic (exact) mass is 613 g/mol. The maximum absolute atomic E-state index is 14.0. The van der Waals surface area contributed by atoms with E-state index in [1.54, 1.807) is 36.4 Å². The van der Waals surface area contributed by atoms with Crippen LogP contribution < -0.4 is 9.62 Å². The number of nitrogens with zero attached hydrogens (tertiary/aromatic N) is 2. The van der Waals surface area contributed by atoms with Gasteiger partial charge in [0.15, 0.2) is 0 Å². The summed E-state index contributed by atoms with van der Waals surface area (Å²) >= 11 is 3.41. The van der Waals surface area contributed by atoms with Gasteiger partial charge in [0.1, 0.15) is 12.6 Å². The molecule has 208 valence electrons. The predicted molar refractivity (Wildman–Crippen MR) is 159 cm³/mol. The van der Waals surface area contributed by atoms with E-state index in [1.165, 1.54) is 17.0 Å². The first-order valence-corrected chi connectivity index (χ1v) is 15.2. The van der Waals surface area contributed by atoms with E-state index < -0.39 is 28.5 Å². The number of carbonyl (C=O) groups is 2. The molecule has 1 atom stereocenters. The summed E-state index contributed by atoms with van der Waals surface area (Å²) in [5, 5.41) is 2.94. The van der Waals surface area contributed by atoms with Crippen LogP contribution in [0.2, 0.25) is 0 Å². The molecular formula is C30H36BrN3O4S. The van der Waals surface area contributed by atoms with Crippen molar-refractivity contribution in [3.05, 3.63) is 94.5 Å². The molecular weight excluding hydrogens is 578 g/mol. The van der Waals surface area contributed by atoms with Crippen molar-refractivity contribution in [1.29, 1.82) is 0 Å². The number of benzene rings is 3. The number of rotatable bonds is 12. The smallest absolute Gasteiger partial charge is 0.264 e. The Morgan fingerprint density at radius 1 is 0.949 bits per heavy atom. The zero-order valence-corrected chi connectivity index (χ0v) is 25.2. The third-order valence-corrected chi connectivity index (χ3v) is 8.53. The average Bonchev–Trinajstić information content (AvgIpc) is 2.91. The summed E-state index contributed by atoms with van der Waals surface area (Å²) in [6, 6.07) is 22.0. The second kappa shape index (κ2) is 13.8. The van der Waals surface area contributed by atoms with Gasteiger partial charge >= 0.3 is 0 Å². The number of hydrogen-bond donors (Lipinski definition) is 1. The van der Waals surface area contributed by atoms with Crippen LogP contribution in [0.4, 0.5) is 5.69 Å². The first kappa shape index (κ1) is 30.4. The molecule has 39 heavy (non-hydrogen) atoms. The van der Waals surface area contributed by atoms with Gasteiger partial charge in [-0.25, -0.2) is 8.42 Å². The molecule has 3 aromatic rings. The standard InChI is InChI=1S/C30H36BrN3O4S/c1-5-28(30(36)32-19-22(2)3)33(20-24-10-7-6-8-11-24)29(35)21-34(26-13-9-12-25(31)18-26)39(37,38)27-16-14-23(4)15-17-27/h6-18,22,28H,5,19-21H2,1-4H3,(H,32,36). The van der Waals surface area contributed by atoms with Crippen LogP contribution >= 0.6 is 15.9 Å². The molecule has 9 heteroatoms. The van der Waals surface area contributed by atoms with Crippen LogP contribution in [0, 0.1) is 12.8 Å². The number of amides is 2. The molecule has 3 aromatic carbocycles. The lowest BCUT2D eigenvalue weighted by Gasteiger charge is -2.33. The molecule has 0 aliphatic rings. The van der Waals surface area contributed by atoms with Gasteiger partial charge in [0.05, 0.1) is 10.6 Å². The van der Waals surface area contributed by atoms with E-state index in [-0.39, 0.29) is 23.3 Å². The number of carbonyl (C=O) groups excluding carboxylic acids is 2. The minimum Gasteiger partial charge on any atom is -0.354 e. The van der Waals surface area contributed by atoms with E-state index >= 15 is 0 Å². The SMILES string of the molecule is CCC(C(=O)NCC(C)C)N(Cc1ccccc1)C(=O)CN(c1cccc(Br)c1)S(=O)(=O)c1ccc(C)cc1. The quantitative estimate of drug-likeness (QED) is 0.291. The molecule has 0 aliphatic heterocycles. The Morgan fingerprint density at radius 3 is 2.21 bits per heavy atom. The van der Waals surface area contributed by atoms with Gasteiger partial charge in [-0.2, -0.15) is 0 Å². The van der Waals surface area contributed by atoms with E-state index in [0.29, 0.717) is 23.1 Å². The van der Waals surface area contributed by atoms with Crippen molar-refractivity contribution >= 4 is 43.5 Å². The Kier molecular flexibility index (Phi) is 10.7. The van der Waals surface area contributed by atoms with Crippen molar-refractivity contribution < 1.29 is 18.0 Å². The Morgan fingerprint density at radius 2 is 1.62 bits per heavy atom. The van der Waals surface area contributed by atoms with Gasteiger partial charge in [0.2, 0.25) is 11.8 Å². The van der Waals surface area contributed by atoms with Crippen molar-refractivity contribution in [2.24, 2.45) is 5.92 Å². The lowest BCUT2D eigenvalue weighted by Crippen LogP contribution is -2.52. The summed E-state index contributed by atoms with van der Waals surface area (Å²) < 4.78 is 29.6. The van der Waals surface area contributed by atoms with Gasteiger partial charge in [-0.3, -0.25) is 13.9 Å². The van der Waals surface area contributed by atoms with Gasteiger partial charge in [0, 0.05) is 17.6 Å². The maximum Gasteiger partial charge on any atom is 0.264 e. The molecule has 3 rings (SSSR count). The van der Waals surface area contributed by atoms with Crippen molar-refractivity contribution in [2.45, 2.75) is 51.6 Å². The van der Waals surface area contributed by atoms with Crippen LogP contribution in [-0.4, -0.2) is 44.3 Å². The molecule has 0 heterocycles. The number of halogens is 1. The second-order valence-electron chi connectivity index (χ2n) is 9.87. The minimum absolute atomic E-state index is 0.0807. The number of sulfonamides is 1. The Labute approximate surface area is 240 Å². The van der Waals surface area contributed by atoms with Gasteiger partial charge < -0.3 is 10.2 Å². The highest BCUT2D eigenvalue weighted by Crippen LogP contribution is 2.27. The van der Waals surface area contributed by atoms with Crippen LogP contribution in [0.25, 0.3) is 0 Å².